The zero-order valence-electron chi connectivity index (χ0n) is 12.1. The van der Waals surface area contributed by atoms with Crippen molar-refractivity contribution < 1.29 is 13.9 Å². The number of piperidine rings is 1. The summed E-state index contributed by atoms with van der Waals surface area (Å²) in [5.41, 5.74) is 0.616. The first kappa shape index (κ1) is 14.8. The quantitative estimate of drug-likeness (QED) is 0.918. The molecule has 2 rings (SSSR count). The number of ether oxygens (including phenoxy) is 1. The van der Waals surface area contributed by atoms with E-state index in [-0.39, 0.29) is 23.8 Å². The molecule has 2 atom stereocenters. The molecule has 110 valence electrons. The number of halogens is 1. The van der Waals surface area contributed by atoms with Crippen LogP contribution in [0.1, 0.15) is 31.4 Å². The summed E-state index contributed by atoms with van der Waals surface area (Å²) in [5, 5.41) is 3.39. The van der Waals surface area contributed by atoms with Crippen LogP contribution in [-0.2, 0) is 4.79 Å². The second kappa shape index (κ2) is 6.22. The van der Waals surface area contributed by atoms with Gasteiger partial charge in [-0.3, -0.25) is 4.79 Å². The van der Waals surface area contributed by atoms with Gasteiger partial charge in [0.25, 0.3) is 0 Å². The molecule has 0 aromatic heterocycles. The predicted octanol–water partition coefficient (Wildman–Crippen LogP) is 2.11. The number of likely N-dealkylation sites (tertiary alicyclic amines) is 1. The third-order valence-electron chi connectivity index (χ3n) is 3.79. The summed E-state index contributed by atoms with van der Waals surface area (Å²) in [4.78, 5) is 13.2. The van der Waals surface area contributed by atoms with Gasteiger partial charge in [-0.25, -0.2) is 4.39 Å². The van der Waals surface area contributed by atoms with Crippen LogP contribution in [0.25, 0.3) is 0 Å². The highest BCUT2D eigenvalue weighted by molar-refractivity contribution is 5.76. The minimum absolute atomic E-state index is 0.104. The molecular formula is C15H21FN2O2. The van der Waals surface area contributed by atoms with Crippen molar-refractivity contribution in [3.8, 4) is 5.75 Å². The highest BCUT2D eigenvalue weighted by atomic mass is 19.1. The second-order valence-corrected chi connectivity index (χ2v) is 5.29. The zero-order valence-corrected chi connectivity index (χ0v) is 12.1. The van der Waals surface area contributed by atoms with Crippen molar-refractivity contribution in [1.82, 2.24) is 10.2 Å². The number of carbonyl (C=O) groups is 1. The Morgan fingerprint density at radius 1 is 1.50 bits per heavy atom. The number of carbonyl (C=O) groups excluding carboxylic acids is 1. The van der Waals surface area contributed by atoms with Crippen molar-refractivity contribution in [2.24, 2.45) is 0 Å². The van der Waals surface area contributed by atoms with E-state index >= 15 is 0 Å². The van der Waals surface area contributed by atoms with Gasteiger partial charge in [-0.2, -0.15) is 0 Å². The van der Waals surface area contributed by atoms with Gasteiger partial charge < -0.3 is 15.0 Å². The minimum atomic E-state index is -0.274. The van der Waals surface area contributed by atoms with Crippen molar-refractivity contribution in [3.05, 3.63) is 29.6 Å². The molecule has 1 aromatic rings. The van der Waals surface area contributed by atoms with E-state index in [1.54, 1.807) is 24.1 Å². The number of amides is 1. The second-order valence-electron chi connectivity index (χ2n) is 5.29. The number of nitrogens with zero attached hydrogens (tertiary/aromatic N) is 1. The average molecular weight is 280 g/mol. The van der Waals surface area contributed by atoms with Gasteiger partial charge in [-0.1, -0.05) is 6.07 Å². The lowest BCUT2D eigenvalue weighted by Crippen LogP contribution is -2.47. The van der Waals surface area contributed by atoms with Gasteiger partial charge >= 0.3 is 0 Å². The lowest BCUT2D eigenvalue weighted by Gasteiger charge is -2.32. The van der Waals surface area contributed by atoms with Crippen molar-refractivity contribution in [2.45, 2.75) is 31.8 Å². The van der Waals surface area contributed by atoms with E-state index in [9.17, 15) is 9.18 Å². The van der Waals surface area contributed by atoms with E-state index in [1.807, 2.05) is 6.92 Å². The van der Waals surface area contributed by atoms with E-state index in [4.69, 9.17) is 4.74 Å². The van der Waals surface area contributed by atoms with Gasteiger partial charge in [0, 0.05) is 43.7 Å². The highest BCUT2D eigenvalue weighted by Gasteiger charge is 2.24. The molecule has 0 bridgehead atoms. The third kappa shape index (κ3) is 3.28. The third-order valence-corrected chi connectivity index (χ3v) is 3.79. The van der Waals surface area contributed by atoms with Crippen molar-refractivity contribution in [2.75, 3.05) is 20.7 Å². The summed E-state index contributed by atoms with van der Waals surface area (Å²) in [5.74, 6) is 0.414. The van der Waals surface area contributed by atoms with E-state index in [0.29, 0.717) is 24.3 Å². The van der Waals surface area contributed by atoms with E-state index in [1.165, 1.54) is 13.2 Å². The van der Waals surface area contributed by atoms with Crippen molar-refractivity contribution in [1.29, 1.82) is 0 Å². The zero-order chi connectivity index (χ0) is 14.7. The van der Waals surface area contributed by atoms with Crippen LogP contribution in [0, 0.1) is 5.82 Å². The fourth-order valence-corrected chi connectivity index (χ4v) is 2.58. The molecule has 0 radical (unpaired) electrons. The van der Waals surface area contributed by atoms with E-state index < -0.39 is 0 Å². The molecule has 1 aromatic carbocycles. The van der Waals surface area contributed by atoms with E-state index in [2.05, 4.69) is 5.32 Å². The highest BCUT2D eigenvalue weighted by Crippen LogP contribution is 2.23. The molecule has 1 aliphatic rings. The molecule has 4 nitrogen and oxygen atoms in total. The lowest BCUT2D eigenvalue weighted by molar-refractivity contribution is -0.132. The Labute approximate surface area is 118 Å². The van der Waals surface area contributed by atoms with Crippen molar-refractivity contribution >= 4 is 5.91 Å². The normalized spacial score (nSPS) is 20.9. The van der Waals surface area contributed by atoms with Gasteiger partial charge in [-0.15, -0.1) is 0 Å². The molecule has 1 aliphatic heterocycles. The molecule has 0 aliphatic carbocycles. The van der Waals surface area contributed by atoms with Gasteiger partial charge in [0.1, 0.15) is 11.6 Å². The Morgan fingerprint density at radius 3 is 2.85 bits per heavy atom. The number of hydrogen-bond donors (Lipinski definition) is 1. The van der Waals surface area contributed by atoms with Crippen LogP contribution in [0.15, 0.2) is 18.2 Å². The van der Waals surface area contributed by atoms with Gasteiger partial charge in [0.2, 0.25) is 5.91 Å². The number of nitrogens with one attached hydrogen (secondary N) is 1. The summed E-state index contributed by atoms with van der Waals surface area (Å²) in [6.45, 7) is 2.60. The summed E-state index contributed by atoms with van der Waals surface area (Å²) in [6, 6.07) is 4.99. The Balaban J connectivity index is 2.01. The maximum Gasteiger partial charge on any atom is 0.222 e. The average Bonchev–Trinajstić information content (AvgIpc) is 2.42. The maximum absolute atomic E-state index is 14.0. The number of likely N-dealkylation sites (N-methyl/N-ethyl adjacent to an activating group) is 1. The smallest absolute Gasteiger partial charge is 0.222 e. The molecule has 5 heteroatoms. The summed E-state index contributed by atoms with van der Waals surface area (Å²) >= 11 is 0. The largest absolute Gasteiger partial charge is 0.497 e. The Bertz CT molecular complexity index is 493. The number of benzene rings is 1. The Hall–Kier alpha value is -1.62. The molecule has 1 heterocycles. The van der Waals surface area contributed by atoms with Crippen LogP contribution in [-0.4, -0.2) is 37.6 Å². The fraction of sp³-hybridized carbons (Fsp3) is 0.533. The van der Waals surface area contributed by atoms with Gasteiger partial charge in [0.15, 0.2) is 0 Å². The monoisotopic (exact) mass is 280 g/mol. The number of rotatable bonds is 4. The van der Waals surface area contributed by atoms with Crippen LogP contribution in [0.3, 0.4) is 0 Å². The minimum Gasteiger partial charge on any atom is -0.497 e. The van der Waals surface area contributed by atoms with E-state index in [0.717, 1.165) is 6.42 Å². The maximum atomic E-state index is 14.0. The molecule has 20 heavy (non-hydrogen) atoms. The first-order chi connectivity index (χ1) is 9.51. The van der Waals surface area contributed by atoms with Crippen LogP contribution < -0.4 is 10.1 Å². The first-order valence-corrected chi connectivity index (χ1v) is 6.84. The summed E-state index contributed by atoms with van der Waals surface area (Å²) < 4.78 is 19.0. The Morgan fingerprint density at radius 2 is 2.25 bits per heavy atom. The molecule has 1 N–H and O–H groups in total. The first-order valence-electron chi connectivity index (χ1n) is 6.84. The Kier molecular flexibility index (Phi) is 4.60. The fourth-order valence-electron chi connectivity index (χ4n) is 2.58. The number of hydrogen-bond acceptors (Lipinski definition) is 3. The van der Waals surface area contributed by atoms with Crippen LogP contribution in [0.5, 0.6) is 5.75 Å². The van der Waals surface area contributed by atoms with Crippen LogP contribution in [0.2, 0.25) is 0 Å². The topological polar surface area (TPSA) is 41.6 Å². The molecule has 2 unspecified atom stereocenters. The molecule has 0 saturated carbocycles. The van der Waals surface area contributed by atoms with Crippen LogP contribution in [0.4, 0.5) is 4.39 Å². The molecule has 0 spiro atoms. The lowest BCUT2D eigenvalue weighted by atomic mass is 10.0. The summed E-state index contributed by atoms with van der Waals surface area (Å²) in [6.07, 6.45) is 1.34. The molecule has 1 saturated heterocycles. The van der Waals surface area contributed by atoms with Crippen LogP contribution >= 0.6 is 0 Å². The van der Waals surface area contributed by atoms with Crippen molar-refractivity contribution in [3.63, 3.8) is 0 Å². The number of methoxy groups -OCH3 is 1. The van der Waals surface area contributed by atoms with Gasteiger partial charge in [-0.05, 0) is 19.4 Å². The summed E-state index contributed by atoms with van der Waals surface area (Å²) in [7, 11) is 3.32. The SMILES string of the molecule is COc1ccc(C(C)NC2CCC(=O)N(C)C2)c(F)c1. The predicted molar refractivity (Wildman–Crippen MR) is 75.2 cm³/mol. The molecular weight excluding hydrogens is 259 g/mol. The van der Waals surface area contributed by atoms with Gasteiger partial charge in [0.05, 0.1) is 7.11 Å². The molecule has 1 amide bonds. The standard InChI is InChI=1S/C15H21FN2O2/c1-10(13-6-5-12(20-3)8-14(13)16)17-11-4-7-15(19)18(2)9-11/h5-6,8,10-11,17H,4,7,9H2,1-3H3. The molecule has 1 fully saturated rings.